The van der Waals surface area contributed by atoms with E-state index in [1.807, 2.05) is 42.5 Å². The number of carbonyl (C=O) groups is 1. The summed E-state index contributed by atoms with van der Waals surface area (Å²) >= 11 is 1.67. The molecule has 0 saturated heterocycles. The van der Waals surface area contributed by atoms with Gasteiger partial charge in [0.2, 0.25) is 5.91 Å². The summed E-state index contributed by atoms with van der Waals surface area (Å²) in [5, 5.41) is 5.28. The minimum atomic E-state index is 0.0814. The van der Waals surface area contributed by atoms with Crippen molar-refractivity contribution in [2.24, 2.45) is 0 Å². The summed E-state index contributed by atoms with van der Waals surface area (Å²) in [6.07, 6.45) is 0.993. The molecule has 0 atom stereocenters. The lowest BCUT2D eigenvalue weighted by Crippen LogP contribution is -2.24. The first-order valence-corrected chi connectivity index (χ1v) is 9.85. The van der Waals surface area contributed by atoms with E-state index >= 15 is 0 Å². The number of nitrogens with one attached hydrogen (secondary N) is 1. The average molecular weight is 365 g/mol. The second kappa shape index (κ2) is 9.30. The molecule has 26 heavy (non-hydrogen) atoms. The van der Waals surface area contributed by atoms with Crippen molar-refractivity contribution in [3.63, 3.8) is 0 Å². The first-order valence-electron chi connectivity index (χ1n) is 8.69. The predicted molar refractivity (Wildman–Crippen MR) is 110 cm³/mol. The third-order valence-electron chi connectivity index (χ3n) is 4.21. The van der Waals surface area contributed by atoms with Crippen molar-refractivity contribution in [1.29, 1.82) is 0 Å². The number of hydrogen-bond donors (Lipinski definition) is 1. The molecule has 3 aromatic carbocycles. The molecule has 134 valence electrons. The van der Waals surface area contributed by atoms with Crippen molar-refractivity contribution in [2.45, 2.75) is 13.0 Å². The number of methoxy groups -OCH3 is 1. The molecule has 0 unspecified atom stereocenters. The van der Waals surface area contributed by atoms with E-state index in [9.17, 15) is 4.79 Å². The monoisotopic (exact) mass is 365 g/mol. The van der Waals surface area contributed by atoms with Gasteiger partial charge in [0.25, 0.3) is 0 Å². The van der Waals surface area contributed by atoms with E-state index in [0.29, 0.717) is 12.3 Å². The highest BCUT2D eigenvalue weighted by Crippen LogP contribution is 2.21. The zero-order chi connectivity index (χ0) is 18.2. The number of benzene rings is 3. The van der Waals surface area contributed by atoms with Crippen LogP contribution in [0.4, 0.5) is 0 Å². The molecule has 0 aliphatic carbocycles. The van der Waals surface area contributed by atoms with Crippen LogP contribution < -0.4 is 10.1 Å². The SMILES string of the molecule is COc1ccc2cc(CNC(=O)CSCCc3ccccc3)ccc2c1. The maximum atomic E-state index is 12.0. The topological polar surface area (TPSA) is 38.3 Å². The summed E-state index contributed by atoms with van der Waals surface area (Å²) in [6.45, 7) is 0.556. The van der Waals surface area contributed by atoms with Crippen LogP contribution in [0.5, 0.6) is 5.75 Å². The van der Waals surface area contributed by atoms with Crippen LogP contribution in [-0.2, 0) is 17.8 Å². The molecule has 4 heteroatoms. The second-order valence-corrected chi connectivity index (χ2v) is 7.22. The van der Waals surface area contributed by atoms with E-state index in [4.69, 9.17) is 4.74 Å². The standard InChI is InChI=1S/C22H23NO2S/c1-25-21-10-9-19-13-18(7-8-20(19)14-21)15-23-22(24)16-26-12-11-17-5-3-2-4-6-17/h2-10,13-14H,11-12,15-16H2,1H3,(H,23,24). The molecule has 1 N–H and O–H groups in total. The number of rotatable bonds is 8. The van der Waals surface area contributed by atoms with Crippen LogP contribution in [0.15, 0.2) is 66.7 Å². The number of ether oxygens (including phenoxy) is 1. The summed E-state index contributed by atoms with van der Waals surface area (Å²) < 4.78 is 5.25. The van der Waals surface area contributed by atoms with Crippen LogP contribution in [0, 0.1) is 0 Å². The third kappa shape index (κ3) is 5.27. The van der Waals surface area contributed by atoms with Crippen molar-refractivity contribution in [3.8, 4) is 5.75 Å². The molecule has 0 bridgehead atoms. The van der Waals surface area contributed by atoms with Gasteiger partial charge in [-0.15, -0.1) is 0 Å². The Labute approximate surface area is 158 Å². The molecule has 3 aromatic rings. The zero-order valence-electron chi connectivity index (χ0n) is 14.9. The highest BCUT2D eigenvalue weighted by atomic mass is 32.2. The van der Waals surface area contributed by atoms with E-state index in [1.54, 1.807) is 18.9 Å². The van der Waals surface area contributed by atoms with Crippen LogP contribution >= 0.6 is 11.8 Å². The number of amides is 1. The van der Waals surface area contributed by atoms with E-state index in [-0.39, 0.29) is 5.91 Å². The highest BCUT2D eigenvalue weighted by Gasteiger charge is 2.03. The Morgan fingerprint density at radius 3 is 2.54 bits per heavy atom. The van der Waals surface area contributed by atoms with Gasteiger partial charge in [0, 0.05) is 6.54 Å². The highest BCUT2D eigenvalue weighted by molar-refractivity contribution is 7.99. The Bertz CT molecular complexity index is 864. The molecule has 0 radical (unpaired) electrons. The smallest absolute Gasteiger partial charge is 0.230 e. The maximum absolute atomic E-state index is 12.0. The van der Waals surface area contributed by atoms with Gasteiger partial charge in [-0.2, -0.15) is 11.8 Å². The van der Waals surface area contributed by atoms with Gasteiger partial charge in [0.05, 0.1) is 12.9 Å². The molecule has 0 heterocycles. The van der Waals surface area contributed by atoms with Crippen molar-refractivity contribution >= 4 is 28.4 Å². The van der Waals surface area contributed by atoms with Crippen LogP contribution in [0.3, 0.4) is 0 Å². The van der Waals surface area contributed by atoms with E-state index < -0.39 is 0 Å². The van der Waals surface area contributed by atoms with Crippen LogP contribution in [0.1, 0.15) is 11.1 Å². The van der Waals surface area contributed by atoms with Gasteiger partial charge in [-0.1, -0.05) is 48.5 Å². The van der Waals surface area contributed by atoms with Gasteiger partial charge < -0.3 is 10.1 Å². The molecular weight excluding hydrogens is 342 g/mol. The number of thioether (sulfide) groups is 1. The molecule has 0 fully saturated rings. The molecule has 0 aromatic heterocycles. The van der Waals surface area contributed by atoms with E-state index in [0.717, 1.165) is 34.3 Å². The number of aryl methyl sites for hydroxylation is 1. The van der Waals surface area contributed by atoms with Gasteiger partial charge >= 0.3 is 0 Å². The van der Waals surface area contributed by atoms with Crippen molar-refractivity contribution in [3.05, 3.63) is 77.9 Å². The molecule has 3 rings (SSSR count). The molecule has 0 spiro atoms. The molecular formula is C22H23NO2S. The lowest BCUT2D eigenvalue weighted by Gasteiger charge is -2.08. The second-order valence-electron chi connectivity index (χ2n) is 6.11. The molecule has 0 aliphatic rings. The average Bonchev–Trinajstić information content (AvgIpc) is 2.70. The van der Waals surface area contributed by atoms with Crippen molar-refractivity contribution in [1.82, 2.24) is 5.32 Å². The Balaban J connectivity index is 1.43. The van der Waals surface area contributed by atoms with Crippen LogP contribution in [0.2, 0.25) is 0 Å². The number of hydrogen-bond acceptors (Lipinski definition) is 3. The van der Waals surface area contributed by atoms with Gasteiger partial charge in [-0.05, 0) is 52.3 Å². The number of fused-ring (bicyclic) bond motifs is 1. The molecule has 3 nitrogen and oxygen atoms in total. The maximum Gasteiger partial charge on any atom is 0.230 e. The lowest BCUT2D eigenvalue weighted by molar-refractivity contribution is -0.118. The van der Waals surface area contributed by atoms with E-state index in [2.05, 4.69) is 29.6 Å². The summed E-state index contributed by atoms with van der Waals surface area (Å²) in [7, 11) is 1.67. The van der Waals surface area contributed by atoms with Crippen molar-refractivity contribution < 1.29 is 9.53 Å². The Kier molecular flexibility index (Phi) is 6.56. The zero-order valence-corrected chi connectivity index (χ0v) is 15.7. The lowest BCUT2D eigenvalue weighted by atomic mass is 10.1. The fourth-order valence-electron chi connectivity index (χ4n) is 2.76. The summed E-state index contributed by atoms with van der Waals surface area (Å²) in [5.41, 5.74) is 2.42. The minimum absolute atomic E-state index is 0.0814. The minimum Gasteiger partial charge on any atom is -0.497 e. The Morgan fingerprint density at radius 1 is 0.962 bits per heavy atom. The summed E-state index contributed by atoms with van der Waals surface area (Å²) in [4.78, 5) is 12.0. The molecule has 1 amide bonds. The first kappa shape index (κ1) is 18.3. The Morgan fingerprint density at radius 2 is 1.73 bits per heavy atom. The van der Waals surface area contributed by atoms with Gasteiger partial charge in [0.15, 0.2) is 0 Å². The first-order chi connectivity index (χ1) is 12.7. The predicted octanol–water partition coefficient (Wildman–Crippen LogP) is 4.44. The Hall–Kier alpha value is -2.46. The van der Waals surface area contributed by atoms with Gasteiger partial charge in [-0.25, -0.2) is 0 Å². The quantitative estimate of drug-likeness (QED) is 0.600. The number of carbonyl (C=O) groups excluding carboxylic acids is 1. The van der Waals surface area contributed by atoms with Gasteiger partial charge in [-0.3, -0.25) is 4.79 Å². The largest absolute Gasteiger partial charge is 0.497 e. The molecule has 0 saturated carbocycles. The summed E-state index contributed by atoms with van der Waals surface area (Å²) in [5.74, 6) is 2.39. The fraction of sp³-hybridized carbons (Fsp3) is 0.227. The fourth-order valence-corrected chi connectivity index (χ4v) is 3.57. The molecule has 0 aliphatic heterocycles. The van der Waals surface area contributed by atoms with Crippen LogP contribution in [0.25, 0.3) is 10.8 Å². The summed E-state index contributed by atoms with van der Waals surface area (Å²) in [6, 6.07) is 22.6. The van der Waals surface area contributed by atoms with Crippen LogP contribution in [-0.4, -0.2) is 24.5 Å². The van der Waals surface area contributed by atoms with E-state index in [1.165, 1.54) is 5.56 Å². The third-order valence-corrected chi connectivity index (χ3v) is 5.17. The normalized spacial score (nSPS) is 10.7. The van der Waals surface area contributed by atoms with Gasteiger partial charge in [0.1, 0.15) is 5.75 Å². The van der Waals surface area contributed by atoms with Crippen molar-refractivity contribution in [2.75, 3.05) is 18.6 Å².